The van der Waals surface area contributed by atoms with Crippen LogP contribution in [0.3, 0.4) is 0 Å². The molecule has 0 radical (unpaired) electrons. The summed E-state index contributed by atoms with van der Waals surface area (Å²) in [4.78, 5) is 16.7. The number of fused-ring (bicyclic) bond motifs is 1. The van der Waals surface area contributed by atoms with Gasteiger partial charge in [0.2, 0.25) is 0 Å². The van der Waals surface area contributed by atoms with Crippen LogP contribution in [0.25, 0.3) is 22.2 Å². The van der Waals surface area contributed by atoms with E-state index in [1.807, 2.05) is 6.07 Å². The summed E-state index contributed by atoms with van der Waals surface area (Å²) >= 11 is 0. The predicted octanol–water partition coefficient (Wildman–Crippen LogP) is 3.92. The molecule has 0 N–H and O–H groups in total. The van der Waals surface area contributed by atoms with Gasteiger partial charge in [-0.15, -0.1) is 0 Å². The normalized spacial score (nSPS) is 14.8. The second kappa shape index (κ2) is 5.82. The Morgan fingerprint density at radius 2 is 2.08 bits per heavy atom. The molecule has 1 saturated carbocycles. The van der Waals surface area contributed by atoms with Gasteiger partial charge in [0, 0.05) is 17.7 Å². The first-order valence-corrected chi connectivity index (χ1v) is 8.22. The molecule has 2 heterocycles. The van der Waals surface area contributed by atoms with E-state index < -0.39 is 0 Å². The van der Waals surface area contributed by atoms with Crippen LogP contribution in [0.2, 0.25) is 0 Å². The van der Waals surface area contributed by atoms with Crippen LogP contribution < -0.4 is 0 Å². The van der Waals surface area contributed by atoms with Crippen LogP contribution in [0.15, 0.2) is 36.7 Å². The fourth-order valence-corrected chi connectivity index (χ4v) is 3.07. The lowest BCUT2D eigenvalue weighted by Gasteiger charge is -2.23. The van der Waals surface area contributed by atoms with Crippen LogP contribution in [-0.4, -0.2) is 20.5 Å². The topological polar surface area (TPSA) is 47.8 Å². The molecular formula is C19H18FN3O. The minimum absolute atomic E-state index is 0.195. The van der Waals surface area contributed by atoms with E-state index in [4.69, 9.17) is 0 Å². The lowest BCUT2D eigenvalue weighted by Crippen LogP contribution is -2.26. The summed E-state index contributed by atoms with van der Waals surface area (Å²) in [5, 5.41) is 4.32. The van der Waals surface area contributed by atoms with Crippen molar-refractivity contribution in [2.24, 2.45) is 5.92 Å². The number of carbonyl (C=O) groups is 1. The lowest BCUT2D eigenvalue weighted by molar-refractivity contribution is -0.125. The Bertz CT molecular complexity index is 928. The first kappa shape index (κ1) is 15.0. The SMILES string of the molecule is Cc1cc(-c2cnc3cnn(CC(=O)C4CCC4)c3c2)ccc1F. The molecule has 2 aromatic heterocycles. The number of aromatic nitrogens is 3. The van der Waals surface area contributed by atoms with E-state index in [1.54, 1.807) is 36.1 Å². The number of Topliss-reactive ketones (excluding diaryl/α,β-unsaturated/α-hetero) is 1. The highest BCUT2D eigenvalue weighted by atomic mass is 19.1. The number of halogens is 1. The van der Waals surface area contributed by atoms with Gasteiger partial charge < -0.3 is 0 Å². The Labute approximate surface area is 139 Å². The average molecular weight is 323 g/mol. The van der Waals surface area contributed by atoms with Crippen molar-refractivity contribution in [3.63, 3.8) is 0 Å². The molecule has 0 unspecified atom stereocenters. The molecule has 1 aliphatic carbocycles. The van der Waals surface area contributed by atoms with Crippen LogP contribution in [0.4, 0.5) is 4.39 Å². The number of hydrogen-bond acceptors (Lipinski definition) is 3. The number of ketones is 1. The molecule has 1 aromatic carbocycles. The molecule has 0 saturated heterocycles. The highest BCUT2D eigenvalue weighted by Gasteiger charge is 2.25. The van der Waals surface area contributed by atoms with Gasteiger partial charge in [-0.25, -0.2) is 4.39 Å². The van der Waals surface area contributed by atoms with Gasteiger partial charge in [-0.05, 0) is 49.1 Å². The predicted molar refractivity (Wildman–Crippen MR) is 90.0 cm³/mol. The Hall–Kier alpha value is -2.56. The Morgan fingerprint density at radius 1 is 1.25 bits per heavy atom. The molecule has 5 heteroatoms. The molecule has 1 aliphatic rings. The summed E-state index contributed by atoms with van der Waals surface area (Å²) in [6.07, 6.45) is 6.58. The van der Waals surface area contributed by atoms with Gasteiger partial charge in [0.05, 0.1) is 11.7 Å². The maximum absolute atomic E-state index is 13.5. The summed E-state index contributed by atoms with van der Waals surface area (Å²) in [6.45, 7) is 2.04. The molecule has 4 rings (SSSR count). The largest absolute Gasteiger partial charge is 0.297 e. The minimum atomic E-state index is -0.219. The van der Waals surface area contributed by atoms with Crippen LogP contribution in [0, 0.1) is 18.7 Å². The highest BCUT2D eigenvalue weighted by Crippen LogP contribution is 2.28. The number of pyridine rings is 1. The molecule has 3 aromatic rings. The molecule has 122 valence electrons. The molecule has 0 aliphatic heterocycles. The Balaban J connectivity index is 1.69. The van der Waals surface area contributed by atoms with Crippen molar-refractivity contribution in [1.82, 2.24) is 14.8 Å². The minimum Gasteiger partial charge on any atom is -0.297 e. The zero-order chi connectivity index (χ0) is 16.7. The zero-order valence-electron chi connectivity index (χ0n) is 13.5. The van der Waals surface area contributed by atoms with Crippen LogP contribution in [0.5, 0.6) is 0 Å². The molecule has 1 fully saturated rings. The van der Waals surface area contributed by atoms with Crippen LogP contribution >= 0.6 is 0 Å². The van der Waals surface area contributed by atoms with Crippen molar-refractivity contribution < 1.29 is 9.18 Å². The van der Waals surface area contributed by atoms with Gasteiger partial charge in [0.15, 0.2) is 5.78 Å². The zero-order valence-corrected chi connectivity index (χ0v) is 13.5. The van der Waals surface area contributed by atoms with Gasteiger partial charge >= 0.3 is 0 Å². The summed E-state index contributed by atoms with van der Waals surface area (Å²) < 4.78 is 15.2. The number of aryl methyl sites for hydroxylation is 1. The molecule has 24 heavy (non-hydrogen) atoms. The number of rotatable bonds is 4. The van der Waals surface area contributed by atoms with Gasteiger partial charge in [-0.1, -0.05) is 12.5 Å². The maximum Gasteiger partial charge on any atom is 0.157 e. The number of carbonyl (C=O) groups excluding carboxylic acids is 1. The average Bonchev–Trinajstić information content (AvgIpc) is 2.90. The molecule has 0 spiro atoms. The van der Waals surface area contributed by atoms with E-state index in [0.29, 0.717) is 12.1 Å². The molecule has 0 bridgehead atoms. The third-order valence-corrected chi connectivity index (χ3v) is 4.85. The summed E-state index contributed by atoms with van der Waals surface area (Å²) in [5.74, 6) is 0.221. The summed E-state index contributed by atoms with van der Waals surface area (Å²) in [7, 11) is 0. The van der Waals surface area contributed by atoms with E-state index in [9.17, 15) is 9.18 Å². The smallest absolute Gasteiger partial charge is 0.157 e. The second-order valence-electron chi connectivity index (χ2n) is 6.49. The van der Waals surface area contributed by atoms with Gasteiger partial charge in [-0.2, -0.15) is 5.10 Å². The van der Waals surface area contributed by atoms with Crippen molar-refractivity contribution in [1.29, 1.82) is 0 Å². The first-order chi connectivity index (χ1) is 11.6. The maximum atomic E-state index is 13.5. The van der Waals surface area contributed by atoms with E-state index in [-0.39, 0.29) is 17.5 Å². The molecule has 0 amide bonds. The summed E-state index contributed by atoms with van der Waals surface area (Å²) in [6, 6.07) is 6.98. The van der Waals surface area contributed by atoms with E-state index in [1.165, 1.54) is 6.07 Å². The third kappa shape index (κ3) is 2.60. The van der Waals surface area contributed by atoms with Crippen LogP contribution in [0.1, 0.15) is 24.8 Å². The number of hydrogen-bond donors (Lipinski definition) is 0. The van der Waals surface area contributed by atoms with Gasteiger partial charge in [0.25, 0.3) is 0 Å². The Kier molecular flexibility index (Phi) is 3.63. The summed E-state index contributed by atoms with van der Waals surface area (Å²) in [5.41, 5.74) is 3.99. The monoisotopic (exact) mass is 323 g/mol. The number of benzene rings is 1. The quantitative estimate of drug-likeness (QED) is 0.731. The van der Waals surface area contributed by atoms with E-state index >= 15 is 0 Å². The van der Waals surface area contributed by atoms with E-state index in [2.05, 4.69) is 10.1 Å². The first-order valence-electron chi connectivity index (χ1n) is 8.22. The Morgan fingerprint density at radius 3 is 2.79 bits per heavy atom. The molecule has 4 nitrogen and oxygen atoms in total. The third-order valence-electron chi connectivity index (χ3n) is 4.85. The van der Waals surface area contributed by atoms with Crippen molar-refractivity contribution in [3.8, 4) is 11.1 Å². The molecular weight excluding hydrogens is 305 g/mol. The molecule has 0 atom stereocenters. The van der Waals surface area contributed by atoms with Crippen molar-refractivity contribution in [2.45, 2.75) is 32.7 Å². The number of nitrogens with zero attached hydrogens (tertiary/aromatic N) is 3. The van der Waals surface area contributed by atoms with Crippen LogP contribution in [-0.2, 0) is 11.3 Å². The van der Waals surface area contributed by atoms with Crippen molar-refractivity contribution >= 4 is 16.8 Å². The van der Waals surface area contributed by atoms with E-state index in [0.717, 1.165) is 41.4 Å². The fourth-order valence-electron chi connectivity index (χ4n) is 3.07. The standard InChI is InChI=1S/C19H18FN3O/c1-12-7-14(5-6-16(12)20)15-8-18-17(21-9-15)10-22-23(18)11-19(24)13-3-2-4-13/h5-10,13H,2-4,11H2,1H3. The lowest BCUT2D eigenvalue weighted by atomic mass is 9.82. The van der Waals surface area contributed by atoms with Crippen molar-refractivity contribution in [3.05, 3.63) is 48.0 Å². The van der Waals surface area contributed by atoms with Gasteiger partial charge in [0.1, 0.15) is 17.9 Å². The van der Waals surface area contributed by atoms with Gasteiger partial charge in [-0.3, -0.25) is 14.5 Å². The fraction of sp³-hybridized carbons (Fsp3) is 0.316. The highest BCUT2D eigenvalue weighted by molar-refractivity contribution is 5.85. The van der Waals surface area contributed by atoms with Crippen molar-refractivity contribution in [2.75, 3.05) is 0 Å². The second-order valence-corrected chi connectivity index (χ2v) is 6.49.